The summed E-state index contributed by atoms with van der Waals surface area (Å²) in [6, 6.07) is 0. The van der Waals surface area contributed by atoms with E-state index < -0.39 is 10.1 Å². The molecule has 0 radical (unpaired) electrons. The summed E-state index contributed by atoms with van der Waals surface area (Å²) in [4.78, 5) is 0. The average molecular weight is 175 g/mol. The summed E-state index contributed by atoms with van der Waals surface area (Å²) in [7, 11) is -3.67. The molecule has 0 fully saturated rings. The van der Waals surface area contributed by atoms with Crippen LogP contribution in [-0.4, -0.2) is 19.2 Å². The maximum atomic E-state index is 9.19. The van der Waals surface area contributed by atoms with Crippen LogP contribution in [0, 0.1) is 0 Å². The van der Waals surface area contributed by atoms with Crippen LogP contribution >= 0.6 is 0 Å². The van der Waals surface area contributed by atoms with Crippen LogP contribution in [0.25, 0.3) is 0 Å². The SMILES string of the molecule is CS(=O)(=O)O.F.[Ni]. The Bertz CT molecular complexity index is 98.1. The molecule has 6 heteroatoms. The van der Waals surface area contributed by atoms with Gasteiger partial charge in [0, 0.05) is 16.5 Å². The van der Waals surface area contributed by atoms with E-state index in [1.54, 1.807) is 0 Å². The standard InChI is InChI=1S/CH4O3S.FH.Ni/c1-5(2,3)4;;/h1H3,(H,2,3,4);1H;. The first kappa shape index (κ1) is 15.7. The minimum absolute atomic E-state index is 0. The van der Waals surface area contributed by atoms with Gasteiger partial charge in [0.25, 0.3) is 10.1 Å². The van der Waals surface area contributed by atoms with Crippen molar-refractivity contribution in [3.05, 3.63) is 0 Å². The average Bonchev–Trinajstić information content (AvgIpc) is 0.722. The Labute approximate surface area is 51.1 Å². The van der Waals surface area contributed by atoms with Gasteiger partial charge in [-0.3, -0.25) is 9.26 Å². The van der Waals surface area contributed by atoms with Crippen molar-refractivity contribution >= 4 is 10.1 Å². The van der Waals surface area contributed by atoms with Gasteiger partial charge in [-0.25, -0.2) is 0 Å². The molecule has 0 aromatic rings. The van der Waals surface area contributed by atoms with E-state index in [2.05, 4.69) is 0 Å². The molecular formula is CH5FNiO3S. The van der Waals surface area contributed by atoms with Gasteiger partial charge < -0.3 is 0 Å². The number of halogens is 1. The van der Waals surface area contributed by atoms with Gasteiger partial charge in [0.05, 0.1) is 6.26 Å². The van der Waals surface area contributed by atoms with E-state index in [-0.39, 0.29) is 21.2 Å². The van der Waals surface area contributed by atoms with Crippen molar-refractivity contribution in [3.8, 4) is 0 Å². The van der Waals surface area contributed by atoms with Gasteiger partial charge in [-0.15, -0.1) is 0 Å². The molecule has 0 amide bonds. The second kappa shape index (κ2) is 4.49. The Morgan fingerprint density at radius 1 is 1.43 bits per heavy atom. The van der Waals surface area contributed by atoms with Gasteiger partial charge in [0.1, 0.15) is 0 Å². The fourth-order valence-corrected chi connectivity index (χ4v) is 0. The van der Waals surface area contributed by atoms with Crippen molar-refractivity contribution in [1.82, 2.24) is 0 Å². The molecule has 0 spiro atoms. The smallest absolute Gasteiger partial charge is 0.261 e. The van der Waals surface area contributed by atoms with Crippen molar-refractivity contribution < 1.29 is 34.2 Å². The molecule has 0 heterocycles. The van der Waals surface area contributed by atoms with E-state index in [1.165, 1.54) is 0 Å². The minimum atomic E-state index is -3.67. The van der Waals surface area contributed by atoms with Crippen LogP contribution in [0.2, 0.25) is 0 Å². The molecular weight excluding hydrogens is 170 g/mol. The number of hydrogen-bond acceptors (Lipinski definition) is 2. The van der Waals surface area contributed by atoms with Crippen molar-refractivity contribution in [1.29, 1.82) is 0 Å². The Morgan fingerprint density at radius 2 is 1.43 bits per heavy atom. The fraction of sp³-hybridized carbons (Fsp3) is 1.00. The third kappa shape index (κ3) is 1070. The Kier molecular flexibility index (Phi) is 10.1. The molecule has 0 rings (SSSR count). The molecule has 0 atom stereocenters. The first-order chi connectivity index (χ1) is 2.00. The second-order valence-electron chi connectivity index (χ2n) is 0.733. The monoisotopic (exact) mass is 174 g/mol. The molecule has 0 aromatic heterocycles. The molecule has 0 aliphatic rings. The predicted octanol–water partition coefficient (Wildman–Crippen LogP) is -0.346. The largest absolute Gasteiger partial charge is 0.286 e. The van der Waals surface area contributed by atoms with Crippen LogP contribution in [0.5, 0.6) is 0 Å². The maximum Gasteiger partial charge on any atom is 0.261 e. The number of hydrogen-bond donors (Lipinski definition) is 1. The van der Waals surface area contributed by atoms with Gasteiger partial charge in [0.2, 0.25) is 0 Å². The summed E-state index contributed by atoms with van der Waals surface area (Å²) >= 11 is 0. The molecule has 50 valence electrons. The second-order valence-corrected chi connectivity index (χ2v) is 2.20. The minimum Gasteiger partial charge on any atom is -0.286 e. The summed E-state index contributed by atoms with van der Waals surface area (Å²) in [5.41, 5.74) is 0. The van der Waals surface area contributed by atoms with Crippen LogP contribution in [0.15, 0.2) is 0 Å². The molecule has 3 nitrogen and oxygen atoms in total. The first-order valence-electron chi connectivity index (χ1n) is 0.924. The van der Waals surface area contributed by atoms with Crippen molar-refractivity contribution in [2.24, 2.45) is 0 Å². The molecule has 0 aliphatic carbocycles. The molecule has 0 saturated carbocycles. The Hall–Kier alpha value is 0.334. The zero-order valence-corrected chi connectivity index (χ0v) is 5.20. The molecule has 7 heavy (non-hydrogen) atoms. The van der Waals surface area contributed by atoms with Gasteiger partial charge >= 0.3 is 0 Å². The molecule has 0 bridgehead atoms. The normalized spacial score (nSPS) is 8.29. The quantitative estimate of drug-likeness (QED) is 0.404. The van der Waals surface area contributed by atoms with E-state index in [0.717, 1.165) is 0 Å². The number of rotatable bonds is 0. The van der Waals surface area contributed by atoms with E-state index in [1.807, 2.05) is 0 Å². The summed E-state index contributed by atoms with van der Waals surface area (Å²) < 4.78 is 25.9. The van der Waals surface area contributed by atoms with E-state index in [9.17, 15) is 8.42 Å². The van der Waals surface area contributed by atoms with Gasteiger partial charge in [0.15, 0.2) is 0 Å². The van der Waals surface area contributed by atoms with Crippen LogP contribution in [0.3, 0.4) is 0 Å². The van der Waals surface area contributed by atoms with Crippen LogP contribution < -0.4 is 0 Å². The van der Waals surface area contributed by atoms with E-state index >= 15 is 0 Å². The predicted molar refractivity (Wildman–Crippen MR) is 20.0 cm³/mol. The van der Waals surface area contributed by atoms with Crippen LogP contribution in [-0.2, 0) is 26.6 Å². The van der Waals surface area contributed by atoms with Gasteiger partial charge in [-0.1, -0.05) is 0 Å². The molecule has 0 aliphatic heterocycles. The Balaban J connectivity index is -0.0000000800. The van der Waals surface area contributed by atoms with Crippen molar-refractivity contribution in [2.75, 3.05) is 6.26 Å². The van der Waals surface area contributed by atoms with Crippen molar-refractivity contribution in [3.63, 3.8) is 0 Å². The van der Waals surface area contributed by atoms with Gasteiger partial charge in [-0.2, -0.15) is 8.42 Å². The summed E-state index contributed by atoms with van der Waals surface area (Å²) in [5, 5.41) is 0. The van der Waals surface area contributed by atoms with Gasteiger partial charge in [-0.05, 0) is 0 Å². The fourth-order valence-electron chi connectivity index (χ4n) is 0. The topological polar surface area (TPSA) is 54.4 Å². The zero-order valence-electron chi connectivity index (χ0n) is 3.40. The van der Waals surface area contributed by atoms with Crippen molar-refractivity contribution in [2.45, 2.75) is 0 Å². The third-order valence-electron chi connectivity index (χ3n) is 0. The zero-order chi connectivity index (χ0) is 4.50. The molecule has 0 aromatic carbocycles. The first-order valence-corrected chi connectivity index (χ1v) is 2.77. The molecule has 0 saturated heterocycles. The summed E-state index contributed by atoms with van der Waals surface area (Å²) in [6.07, 6.45) is 0.715. The molecule has 0 unspecified atom stereocenters. The summed E-state index contributed by atoms with van der Waals surface area (Å²) in [6.45, 7) is 0. The van der Waals surface area contributed by atoms with E-state index in [0.29, 0.717) is 6.26 Å². The summed E-state index contributed by atoms with van der Waals surface area (Å²) in [5.74, 6) is 0. The third-order valence-corrected chi connectivity index (χ3v) is 0. The molecule has 1 N–H and O–H groups in total. The van der Waals surface area contributed by atoms with E-state index in [4.69, 9.17) is 4.55 Å². The maximum absolute atomic E-state index is 9.19. The van der Waals surface area contributed by atoms with Crippen LogP contribution in [0.1, 0.15) is 0 Å². The Morgan fingerprint density at radius 3 is 1.43 bits per heavy atom. The van der Waals surface area contributed by atoms with Crippen LogP contribution in [0.4, 0.5) is 4.70 Å².